The van der Waals surface area contributed by atoms with Gasteiger partial charge < -0.3 is 4.74 Å². The van der Waals surface area contributed by atoms with Gasteiger partial charge in [0.25, 0.3) is 0 Å². The number of nitriles is 1. The van der Waals surface area contributed by atoms with Crippen molar-refractivity contribution >= 4 is 0 Å². The molecule has 3 fully saturated rings. The first-order valence-electron chi connectivity index (χ1n) is 7.09. The molecule has 0 aromatic heterocycles. The van der Waals surface area contributed by atoms with E-state index in [4.69, 9.17) is 10.00 Å². The normalized spacial score (nSPS) is 53.0. The van der Waals surface area contributed by atoms with Gasteiger partial charge in [0.2, 0.25) is 0 Å². The Bertz CT molecular complexity index is 396. The Balaban J connectivity index is 1.48. The average molecular weight is 229 g/mol. The van der Waals surface area contributed by atoms with E-state index in [1.54, 1.807) is 0 Å². The highest BCUT2D eigenvalue weighted by atomic mass is 16.5. The SMILES string of the molecule is N#CCCCC1CC2OC1C1C3C=CC(C3)C21. The highest BCUT2D eigenvalue weighted by Gasteiger charge is 2.61. The Morgan fingerprint density at radius 2 is 2.00 bits per heavy atom. The molecular formula is C15H19NO. The van der Waals surface area contributed by atoms with Gasteiger partial charge in [-0.1, -0.05) is 12.2 Å². The standard InChI is InChI=1S/C15H19NO/c16-6-2-1-3-11-8-12-13-9-4-5-10(7-9)14(13)15(11)17-12/h4-5,9-15H,1-3,7-8H2. The van der Waals surface area contributed by atoms with Crippen molar-refractivity contribution in [3.8, 4) is 6.07 Å². The van der Waals surface area contributed by atoms with Crippen molar-refractivity contribution in [2.24, 2.45) is 29.6 Å². The van der Waals surface area contributed by atoms with E-state index >= 15 is 0 Å². The zero-order chi connectivity index (χ0) is 11.4. The van der Waals surface area contributed by atoms with Crippen LogP contribution in [0, 0.1) is 40.9 Å². The number of rotatable bonds is 3. The van der Waals surface area contributed by atoms with Crippen LogP contribution >= 0.6 is 0 Å². The second kappa shape index (κ2) is 3.59. The number of allylic oxidation sites excluding steroid dienone is 2. The number of nitrogens with zero attached hydrogens (tertiary/aromatic N) is 1. The van der Waals surface area contributed by atoms with Gasteiger partial charge >= 0.3 is 0 Å². The minimum Gasteiger partial charge on any atom is -0.374 e. The van der Waals surface area contributed by atoms with Crippen LogP contribution in [0.5, 0.6) is 0 Å². The first kappa shape index (κ1) is 10.1. The van der Waals surface area contributed by atoms with Crippen LogP contribution in [0.1, 0.15) is 32.1 Å². The fourth-order valence-corrected chi connectivity index (χ4v) is 5.06. The molecule has 2 aliphatic carbocycles. The second-order valence-corrected chi connectivity index (χ2v) is 6.29. The molecule has 90 valence electrons. The quantitative estimate of drug-likeness (QED) is 0.550. The van der Waals surface area contributed by atoms with Gasteiger partial charge in [-0.2, -0.15) is 5.26 Å². The maximum Gasteiger partial charge on any atom is 0.0645 e. The number of hydrogen-bond donors (Lipinski definition) is 0. The van der Waals surface area contributed by atoms with E-state index in [1.807, 2.05) is 0 Å². The molecule has 7 atom stereocenters. The van der Waals surface area contributed by atoms with Crippen molar-refractivity contribution in [1.29, 1.82) is 5.26 Å². The molecule has 0 amide bonds. The van der Waals surface area contributed by atoms with Gasteiger partial charge in [0.1, 0.15) is 0 Å². The minimum absolute atomic E-state index is 0.531. The Morgan fingerprint density at radius 1 is 1.18 bits per heavy atom. The molecule has 2 nitrogen and oxygen atoms in total. The maximum absolute atomic E-state index is 8.62. The molecule has 0 N–H and O–H groups in total. The lowest BCUT2D eigenvalue weighted by Crippen LogP contribution is -2.35. The van der Waals surface area contributed by atoms with E-state index in [0.717, 1.165) is 36.0 Å². The predicted molar refractivity (Wildman–Crippen MR) is 63.9 cm³/mol. The Labute approximate surface area is 103 Å². The monoisotopic (exact) mass is 229 g/mol. The highest BCUT2D eigenvalue weighted by molar-refractivity contribution is 5.21. The fourth-order valence-electron chi connectivity index (χ4n) is 5.06. The van der Waals surface area contributed by atoms with Crippen molar-refractivity contribution in [1.82, 2.24) is 0 Å². The lowest BCUT2D eigenvalue weighted by Gasteiger charge is -2.33. The lowest BCUT2D eigenvalue weighted by molar-refractivity contribution is 0.0612. The third kappa shape index (κ3) is 1.29. The predicted octanol–water partition coefficient (Wildman–Crippen LogP) is 2.91. The number of hydrogen-bond acceptors (Lipinski definition) is 2. The summed E-state index contributed by atoms with van der Waals surface area (Å²) in [6.45, 7) is 0. The molecule has 4 rings (SSSR count). The summed E-state index contributed by atoms with van der Waals surface area (Å²) in [5.41, 5.74) is 0. The fraction of sp³-hybridized carbons (Fsp3) is 0.800. The van der Waals surface area contributed by atoms with E-state index in [1.165, 1.54) is 19.3 Å². The number of ether oxygens (including phenoxy) is 1. The average Bonchev–Trinajstić information content (AvgIpc) is 3.07. The first-order chi connectivity index (χ1) is 8.38. The second-order valence-electron chi connectivity index (χ2n) is 6.29. The van der Waals surface area contributed by atoms with Gasteiger partial charge in [0, 0.05) is 6.42 Å². The molecule has 2 aliphatic heterocycles. The van der Waals surface area contributed by atoms with Gasteiger partial charge in [-0.15, -0.1) is 0 Å². The van der Waals surface area contributed by atoms with Crippen LogP contribution in [0.2, 0.25) is 0 Å². The molecule has 7 unspecified atom stereocenters. The van der Waals surface area contributed by atoms with Gasteiger partial charge in [-0.3, -0.25) is 0 Å². The van der Waals surface area contributed by atoms with Crippen LogP contribution in [-0.4, -0.2) is 12.2 Å². The Morgan fingerprint density at radius 3 is 2.82 bits per heavy atom. The molecule has 0 aromatic rings. The van der Waals surface area contributed by atoms with Gasteiger partial charge in [0.05, 0.1) is 18.3 Å². The maximum atomic E-state index is 8.62. The first-order valence-corrected chi connectivity index (χ1v) is 7.09. The Kier molecular flexibility index (Phi) is 2.14. The molecule has 4 bridgehead atoms. The molecule has 0 spiro atoms. The van der Waals surface area contributed by atoms with Crippen molar-refractivity contribution < 1.29 is 4.74 Å². The molecule has 2 saturated heterocycles. The third-order valence-electron chi connectivity index (χ3n) is 5.59. The number of fused-ring (bicyclic) bond motifs is 9. The molecule has 4 aliphatic rings. The molecule has 17 heavy (non-hydrogen) atoms. The van der Waals surface area contributed by atoms with Crippen LogP contribution in [0.3, 0.4) is 0 Å². The van der Waals surface area contributed by atoms with Crippen LogP contribution in [0.25, 0.3) is 0 Å². The van der Waals surface area contributed by atoms with Crippen molar-refractivity contribution in [3.63, 3.8) is 0 Å². The molecule has 2 heterocycles. The molecule has 0 radical (unpaired) electrons. The van der Waals surface area contributed by atoms with E-state index in [-0.39, 0.29) is 0 Å². The van der Waals surface area contributed by atoms with E-state index in [2.05, 4.69) is 18.2 Å². The highest BCUT2D eigenvalue weighted by Crippen LogP contribution is 2.61. The largest absolute Gasteiger partial charge is 0.374 e. The molecule has 0 aromatic carbocycles. The van der Waals surface area contributed by atoms with Crippen molar-refractivity contribution in [2.75, 3.05) is 0 Å². The molecule has 2 heteroatoms. The van der Waals surface area contributed by atoms with Crippen LogP contribution < -0.4 is 0 Å². The summed E-state index contributed by atoms with van der Waals surface area (Å²) in [6.07, 6.45) is 11.6. The van der Waals surface area contributed by atoms with Gasteiger partial charge in [-0.05, 0) is 55.3 Å². The summed E-state index contributed by atoms with van der Waals surface area (Å²) in [7, 11) is 0. The van der Waals surface area contributed by atoms with Crippen LogP contribution in [0.4, 0.5) is 0 Å². The smallest absolute Gasteiger partial charge is 0.0645 e. The van der Waals surface area contributed by atoms with Gasteiger partial charge in [-0.25, -0.2) is 0 Å². The summed E-state index contributed by atoms with van der Waals surface area (Å²) < 4.78 is 6.24. The van der Waals surface area contributed by atoms with Gasteiger partial charge in [0.15, 0.2) is 0 Å². The summed E-state index contributed by atoms with van der Waals surface area (Å²) in [4.78, 5) is 0. The zero-order valence-electron chi connectivity index (χ0n) is 10.1. The van der Waals surface area contributed by atoms with Crippen molar-refractivity contribution in [2.45, 2.75) is 44.3 Å². The summed E-state index contributed by atoms with van der Waals surface area (Å²) in [5, 5.41) is 8.62. The molecular weight excluding hydrogens is 210 g/mol. The topological polar surface area (TPSA) is 33.0 Å². The van der Waals surface area contributed by atoms with Crippen LogP contribution in [0.15, 0.2) is 12.2 Å². The lowest BCUT2D eigenvalue weighted by atomic mass is 9.68. The third-order valence-corrected chi connectivity index (χ3v) is 5.59. The Hall–Kier alpha value is -0.810. The van der Waals surface area contributed by atoms with E-state index in [0.29, 0.717) is 18.6 Å². The minimum atomic E-state index is 0.531. The summed E-state index contributed by atoms with van der Waals surface area (Å²) in [5.74, 6) is 4.08. The van der Waals surface area contributed by atoms with Crippen LogP contribution in [-0.2, 0) is 4.74 Å². The zero-order valence-corrected chi connectivity index (χ0v) is 10.1. The van der Waals surface area contributed by atoms with E-state index < -0.39 is 0 Å². The number of unbranched alkanes of at least 4 members (excludes halogenated alkanes) is 1. The summed E-state index contributed by atoms with van der Waals surface area (Å²) >= 11 is 0. The summed E-state index contributed by atoms with van der Waals surface area (Å²) in [6, 6.07) is 2.26. The molecule has 1 saturated carbocycles. The van der Waals surface area contributed by atoms with Crippen molar-refractivity contribution in [3.05, 3.63) is 12.2 Å². The van der Waals surface area contributed by atoms with E-state index in [9.17, 15) is 0 Å².